The molecule has 1 atom stereocenters. The Morgan fingerprint density at radius 3 is 2.76 bits per heavy atom. The maximum Gasteiger partial charge on any atom is 0.119 e. The number of benzene rings is 1. The lowest BCUT2D eigenvalue weighted by molar-refractivity contribution is 0.194. The van der Waals surface area contributed by atoms with Gasteiger partial charge in [0.05, 0.1) is 13.2 Å². The zero-order valence-electron chi connectivity index (χ0n) is 10.8. The lowest BCUT2D eigenvalue weighted by Crippen LogP contribution is -2.39. The van der Waals surface area contributed by atoms with Gasteiger partial charge < -0.3 is 15.6 Å². The zero-order chi connectivity index (χ0) is 12.7. The molecule has 96 valence electrons. The van der Waals surface area contributed by atoms with Gasteiger partial charge in [-0.1, -0.05) is 12.1 Å². The SMILES string of the molecule is Cc1cccc(OCCCCC(C)(N)CO)c1. The van der Waals surface area contributed by atoms with Gasteiger partial charge in [0.25, 0.3) is 0 Å². The van der Waals surface area contributed by atoms with Crippen molar-refractivity contribution in [2.75, 3.05) is 13.2 Å². The molecule has 1 aromatic rings. The van der Waals surface area contributed by atoms with E-state index in [0.717, 1.165) is 25.0 Å². The summed E-state index contributed by atoms with van der Waals surface area (Å²) in [5, 5.41) is 9.00. The first-order chi connectivity index (χ1) is 8.03. The van der Waals surface area contributed by atoms with Crippen molar-refractivity contribution in [1.29, 1.82) is 0 Å². The van der Waals surface area contributed by atoms with Crippen molar-refractivity contribution in [1.82, 2.24) is 0 Å². The molecular weight excluding hydrogens is 214 g/mol. The number of aryl methyl sites for hydroxylation is 1. The highest BCUT2D eigenvalue weighted by Gasteiger charge is 2.15. The number of nitrogens with two attached hydrogens (primary N) is 1. The monoisotopic (exact) mass is 237 g/mol. The van der Waals surface area contributed by atoms with Crippen LogP contribution in [0.2, 0.25) is 0 Å². The minimum atomic E-state index is -0.455. The van der Waals surface area contributed by atoms with Crippen molar-refractivity contribution in [2.24, 2.45) is 5.73 Å². The molecule has 1 rings (SSSR count). The molecule has 17 heavy (non-hydrogen) atoms. The van der Waals surface area contributed by atoms with Crippen LogP contribution in [0, 0.1) is 6.92 Å². The summed E-state index contributed by atoms with van der Waals surface area (Å²) in [5.41, 5.74) is 6.59. The van der Waals surface area contributed by atoms with E-state index >= 15 is 0 Å². The van der Waals surface area contributed by atoms with Crippen LogP contribution >= 0.6 is 0 Å². The van der Waals surface area contributed by atoms with Crippen molar-refractivity contribution < 1.29 is 9.84 Å². The molecule has 1 aromatic carbocycles. The van der Waals surface area contributed by atoms with Gasteiger partial charge in [0.1, 0.15) is 5.75 Å². The first kappa shape index (κ1) is 14.0. The molecule has 0 aliphatic heterocycles. The van der Waals surface area contributed by atoms with Crippen molar-refractivity contribution in [2.45, 2.75) is 38.6 Å². The van der Waals surface area contributed by atoms with Crippen molar-refractivity contribution in [3.63, 3.8) is 0 Å². The van der Waals surface area contributed by atoms with E-state index < -0.39 is 5.54 Å². The van der Waals surface area contributed by atoms with Crippen LogP contribution in [0.4, 0.5) is 0 Å². The largest absolute Gasteiger partial charge is 0.494 e. The fraction of sp³-hybridized carbons (Fsp3) is 0.571. The van der Waals surface area contributed by atoms with Crippen LogP contribution in [0.3, 0.4) is 0 Å². The molecule has 0 saturated heterocycles. The van der Waals surface area contributed by atoms with Gasteiger partial charge in [-0.2, -0.15) is 0 Å². The number of rotatable bonds is 7. The second-order valence-electron chi connectivity index (χ2n) is 4.93. The molecule has 0 aliphatic rings. The first-order valence-electron chi connectivity index (χ1n) is 6.13. The third-order valence-electron chi connectivity index (χ3n) is 2.76. The third-order valence-corrected chi connectivity index (χ3v) is 2.76. The molecule has 0 aromatic heterocycles. The molecule has 1 unspecified atom stereocenters. The quantitative estimate of drug-likeness (QED) is 0.715. The predicted octanol–water partition coefficient (Wildman–Crippen LogP) is 2.25. The average Bonchev–Trinajstić information content (AvgIpc) is 2.29. The minimum absolute atomic E-state index is 0.0335. The Bertz CT molecular complexity index is 337. The summed E-state index contributed by atoms with van der Waals surface area (Å²) >= 11 is 0. The Balaban J connectivity index is 2.17. The Morgan fingerprint density at radius 1 is 1.35 bits per heavy atom. The second-order valence-corrected chi connectivity index (χ2v) is 4.93. The molecule has 0 spiro atoms. The van der Waals surface area contributed by atoms with Crippen LogP contribution in [0.5, 0.6) is 5.75 Å². The molecule has 3 heteroatoms. The van der Waals surface area contributed by atoms with Gasteiger partial charge in [-0.15, -0.1) is 0 Å². The number of hydrogen-bond acceptors (Lipinski definition) is 3. The first-order valence-corrected chi connectivity index (χ1v) is 6.13. The maximum absolute atomic E-state index is 9.00. The lowest BCUT2D eigenvalue weighted by atomic mass is 9.97. The van der Waals surface area contributed by atoms with Crippen molar-refractivity contribution >= 4 is 0 Å². The highest BCUT2D eigenvalue weighted by Crippen LogP contribution is 2.14. The molecular formula is C14H23NO2. The summed E-state index contributed by atoms with van der Waals surface area (Å²) < 4.78 is 5.63. The summed E-state index contributed by atoms with van der Waals surface area (Å²) in [4.78, 5) is 0. The average molecular weight is 237 g/mol. The van der Waals surface area contributed by atoms with Crippen LogP contribution in [0.15, 0.2) is 24.3 Å². The van der Waals surface area contributed by atoms with Crippen molar-refractivity contribution in [3.05, 3.63) is 29.8 Å². The topological polar surface area (TPSA) is 55.5 Å². The maximum atomic E-state index is 9.00. The summed E-state index contributed by atoms with van der Waals surface area (Å²) in [6.07, 6.45) is 2.75. The van der Waals surface area contributed by atoms with E-state index in [1.165, 1.54) is 5.56 Å². The summed E-state index contributed by atoms with van der Waals surface area (Å²) in [6, 6.07) is 8.04. The molecule has 3 N–H and O–H groups in total. The lowest BCUT2D eigenvalue weighted by Gasteiger charge is -2.21. The number of hydrogen-bond donors (Lipinski definition) is 2. The van der Waals surface area contributed by atoms with E-state index in [9.17, 15) is 0 Å². The predicted molar refractivity (Wildman–Crippen MR) is 70.2 cm³/mol. The van der Waals surface area contributed by atoms with E-state index in [1.807, 2.05) is 38.1 Å². The number of aliphatic hydroxyl groups excluding tert-OH is 1. The molecule has 0 saturated carbocycles. The molecule has 0 radical (unpaired) electrons. The van der Waals surface area contributed by atoms with E-state index in [4.69, 9.17) is 15.6 Å². The molecule has 0 bridgehead atoms. The number of unbranched alkanes of at least 4 members (excludes halogenated alkanes) is 1. The zero-order valence-corrected chi connectivity index (χ0v) is 10.8. The van der Waals surface area contributed by atoms with E-state index in [2.05, 4.69) is 0 Å². The van der Waals surface area contributed by atoms with Gasteiger partial charge in [0.15, 0.2) is 0 Å². The number of ether oxygens (including phenoxy) is 1. The van der Waals surface area contributed by atoms with Crippen LogP contribution in [-0.4, -0.2) is 23.9 Å². The van der Waals surface area contributed by atoms with Gasteiger partial charge in [0, 0.05) is 5.54 Å². The summed E-state index contributed by atoms with van der Waals surface area (Å²) in [7, 11) is 0. The highest BCUT2D eigenvalue weighted by molar-refractivity contribution is 5.27. The van der Waals surface area contributed by atoms with Gasteiger partial charge in [-0.3, -0.25) is 0 Å². The summed E-state index contributed by atoms with van der Waals surface area (Å²) in [5.74, 6) is 0.919. The second kappa shape index (κ2) is 6.62. The smallest absolute Gasteiger partial charge is 0.119 e. The minimum Gasteiger partial charge on any atom is -0.494 e. The fourth-order valence-corrected chi connectivity index (χ4v) is 1.61. The Morgan fingerprint density at radius 2 is 2.12 bits per heavy atom. The Kier molecular flexibility index (Phi) is 5.45. The third kappa shape index (κ3) is 5.71. The normalized spacial score (nSPS) is 14.4. The van der Waals surface area contributed by atoms with Gasteiger partial charge in [-0.05, 0) is 50.8 Å². The van der Waals surface area contributed by atoms with Crippen LogP contribution in [-0.2, 0) is 0 Å². The van der Waals surface area contributed by atoms with E-state index in [0.29, 0.717) is 6.61 Å². The van der Waals surface area contributed by atoms with Crippen molar-refractivity contribution in [3.8, 4) is 5.75 Å². The summed E-state index contributed by atoms with van der Waals surface area (Å²) in [6.45, 7) is 4.65. The van der Waals surface area contributed by atoms with Gasteiger partial charge >= 0.3 is 0 Å². The standard InChI is InChI=1S/C14H23NO2/c1-12-6-5-7-13(10-12)17-9-4-3-8-14(2,15)11-16/h5-7,10,16H,3-4,8-9,11,15H2,1-2H3. The molecule has 0 fully saturated rings. The molecule has 0 heterocycles. The molecule has 0 aliphatic carbocycles. The van der Waals surface area contributed by atoms with Crippen LogP contribution < -0.4 is 10.5 Å². The Hall–Kier alpha value is -1.06. The highest BCUT2D eigenvalue weighted by atomic mass is 16.5. The molecule has 0 amide bonds. The van der Waals surface area contributed by atoms with E-state index in [-0.39, 0.29) is 6.61 Å². The van der Waals surface area contributed by atoms with Gasteiger partial charge in [0.2, 0.25) is 0 Å². The Labute approximate surface area is 104 Å². The van der Waals surface area contributed by atoms with Gasteiger partial charge in [-0.25, -0.2) is 0 Å². The van der Waals surface area contributed by atoms with Crippen LogP contribution in [0.25, 0.3) is 0 Å². The fourth-order valence-electron chi connectivity index (χ4n) is 1.61. The van der Waals surface area contributed by atoms with Crippen LogP contribution in [0.1, 0.15) is 31.7 Å². The molecule has 3 nitrogen and oxygen atoms in total. The van der Waals surface area contributed by atoms with E-state index in [1.54, 1.807) is 0 Å². The number of aliphatic hydroxyl groups is 1.